The summed E-state index contributed by atoms with van der Waals surface area (Å²) < 4.78 is 27.1. The van der Waals surface area contributed by atoms with E-state index in [0.29, 0.717) is 18.1 Å². The van der Waals surface area contributed by atoms with Crippen molar-refractivity contribution in [2.45, 2.75) is 25.2 Å². The quantitative estimate of drug-likeness (QED) is 0.859. The summed E-state index contributed by atoms with van der Waals surface area (Å²) in [6.07, 6.45) is 0.716. The van der Waals surface area contributed by atoms with E-state index in [9.17, 15) is 8.42 Å². The Bertz CT molecular complexity index is 708. The van der Waals surface area contributed by atoms with Crippen molar-refractivity contribution in [3.63, 3.8) is 0 Å². The molecule has 21 heavy (non-hydrogen) atoms. The Morgan fingerprint density at radius 3 is 2.38 bits per heavy atom. The minimum atomic E-state index is -3.62. The second-order valence-electron chi connectivity index (χ2n) is 4.86. The highest BCUT2D eigenvalue weighted by molar-refractivity contribution is 7.92. The lowest BCUT2D eigenvalue weighted by Gasteiger charge is -2.09. The number of alkyl halides is 1. The molecule has 0 aliphatic carbocycles. The van der Waals surface area contributed by atoms with E-state index >= 15 is 0 Å². The summed E-state index contributed by atoms with van der Waals surface area (Å²) >= 11 is 5.66. The molecule has 0 unspecified atom stereocenters. The van der Waals surface area contributed by atoms with Crippen LogP contribution in [0.15, 0.2) is 41.3 Å². The van der Waals surface area contributed by atoms with Crippen LogP contribution in [0.2, 0.25) is 0 Å². The predicted molar refractivity (Wildman–Crippen MR) is 85.4 cm³/mol. The zero-order chi connectivity index (χ0) is 15.5. The Hall–Kier alpha value is -1.59. The number of sulfonamides is 1. The molecule has 112 valence electrons. The monoisotopic (exact) mass is 324 g/mol. The van der Waals surface area contributed by atoms with Gasteiger partial charge in [0.05, 0.1) is 4.90 Å². The van der Waals surface area contributed by atoms with Crippen LogP contribution in [0, 0.1) is 13.8 Å². The van der Waals surface area contributed by atoms with Crippen molar-refractivity contribution in [2.75, 3.05) is 10.6 Å². The second-order valence-corrected chi connectivity index (χ2v) is 6.92. The summed E-state index contributed by atoms with van der Waals surface area (Å²) in [4.78, 5) is 4.39. The number of nitrogens with one attached hydrogen (secondary N) is 1. The molecule has 0 saturated heterocycles. The molecule has 0 fully saturated rings. The lowest BCUT2D eigenvalue weighted by Crippen LogP contribution is -2.14. The van der Waals surface area contributed by atoms with Gasteiger partial charge in [0, 0.05) is 11.6 Å². The number of aryl methyl sites for hydroxylation is 3. The van der Waals surface area contributed by atoms with Gasteiger partial charge in [-0.15, -0.1) is 11.6 Å². The van der Waals surface area contributed by atoms with Crippen molar-refractivity contribution in [1.82, 2.24) is 4.98 Å². The minimum Gasteiger partial charge on any atom is -0.263 e. The van der Waals surface area contributed by atoms with E-state index < -0.39 is 10.0 Å². The third-order valence-electron chi connectivity index (χ3n) is 2.95. The van der Waals surface area contributed by atoms with Crippen LogP contribution in [-0.2, 0) is 16.4 Å². The molecule has 1 aromatic carbocycles. The average molecular weight is 325 g/mol. The lowest BCUT2D eigenvalue weighted by atomic mass is 10.2. The van der Waals surface area contributed by atoms with E-state index in [1.54, 1.807) is 30.3 Å². The highest BCUT2D eigenvalue weighted by atomic mass is 35.5. The van der Waals surface area contributed by atoms with Gasteiger partial charge in [0.15, 0.2) is 0 Å². The molecule has 2 aromatic rings. The van der Waals surface area contributed by atoms with Gasteiger partial charge in [-0.2, -0.15) is 0 Å². The third kappa shape index (κ3) is 4.19. The maximum Gasteiger partial charge on any atom is 0.263 e. The zero-order valence-electron chi connectivity index (χ0n) is 11.9. The smallest absolute Gasteiger partial charge is 0.263 e. The van der Waals surface area contributed by atoms with Crippen molar-refractivity contribution in [2.24, 2.45) is 0 Å². The first-order valence-corrected chi connectivity index (χ1v) is 8.55. The van der Waals surface area contributed by atoms with Crippen LogP contribution >= 0.6 is 11.6 Å². The number of rotatable bonds is 5. The van der Waals surface area contributed by atoms with E-state index in [1.807, 2.05) is 19.9 Å². The number of halogens is 1. The molecule has 0 amide bonds. The summed E-state index contributed by atoms with van der Waals surface area (Å²) in [5.74, 6) is 0.842. The fourth-order valence-corrected chi connectivity index (χ4v) is 3.24. The van der Waals surface area contributed by atoms with Gasteiger partial charge in [0.1, 0.15) is 5.82 Å². The topological polar surface area (TPSA) is 59.1 Å². The van der Waals surface area contributed by atoms with E-state index in [4.69, 9.17) is 11.6 Å². The van der Waals surface area contributed by atoms with Crippen LogP contribution < -0.4 is 4.72 Å². The van der Waals surface area contributed by atoms with Crippen LogP contribution in [0.5, 0.6) is 0 Å². The predicted octanol–water partition coefficient (Wildman–Crippen LogP) is 3.28. The first kappa shape index (κ1) is 15.8. The molecule has 0 saturated carbocycles. The van der Waals surface area contributed by atoms with Crippen molar-refractivity contribution < 1.29 is 8.42 Å². The molecule has 1 aromatic heterocycles. The molecule has 1 N–H and O–H groups in total. The van der Waals surface area contributed by atoms with Gasteiger partial charge in [-0.05, 0) is 55.7 Å². The standard InChI is InChI=1S/C15H17ClN2O2S/c1-11-9-12(2)17-15(10-11)18-21(19,20)14-5-3-13(4-6-14)7-8-16/h3-6,9-10H,7-8H2,1-2H3,(H,17,18). The van der Waals surface area contributed by atoms with Crippen molar-refractivity contribution in [3.05, 3.63) is 53.2 Å². The number of pyridine rings is 1. The highest BCUT2D eigenvalue weighted by Crippen LogP contribution is 2.17. The fourth-order valence-electron chi connectivity index (χ4n) is 2.03. The molecule has 0 radical (unpaired) electrons. The number of hydrogen-bond donors (Lipinski definition) is 1. The summed E-state index contributed by atoms with van der Waals surface area (Å²) in [7, 11) is -3.62. The number of aromatic nitrogens is 1. The molecule has 0 atom stereocenters. The number of anilines is 1. The van der Waals surface area contributed by atoms with Gasteiger partial charge in [-0.3, -0.25) is 4.72 Å². The fraction of sp³-hybridized carbons (Fsp3) is 0.267. The summed E-state index contributed by atoms with van der Waals surface area (Å²) in [6.45, 7) is 3.72. The van der Waals surface area contributed by atoms with Gasteiger partial charge >= 0.3 is 0 Å². The lowest BCUT2D eigenvalue weighted by molar-refractivity contribution is 0.601. The Kier molecular flexibility index (Phi) is 4.85. The molecular formula is C15H17ClN2O2S. The van der Waals surface area contributed by atoms with Crippen LogP contribution in [0.4, 0.5) is 5.82 Å². The first-order valence-electron chi connectivity index (χ1n) is 6.54. The van der Waals surface area contributed by atoms with Crippen LogP contribution in [-0.4, -0.2) is 19.3 Å². The molecular weight excluding hydrogens is 308 g/mol. The highest BCUT2D eigenvalue weighted by Gasteiger charge is 2.15. The third-order valence-corrected chi connectivity index (χ3v) is 4.51. The SMILES string of the molecule is Cc1cc(C)nc(NS(=O)(=O)c2ccc(CCCl)cc2)c1. The molecule has 4 nitrogen and oxygen atoms in total. The minimum absolute atomic E-state index is 0.210. The molecule has 0 bridgehead atoms. The maximum atomic E-state index is 12.3. The molecule has 0 aliphatic rings. The number of nitrogens with zero attached hydrogens (tertiary/aromatic N) is 1. The summed E-state index contributed by atoms with van der Waals surface area (Å²) in [5, 5.41) is 0. The van der Waals surface area contributed by atoms with E-state index in [0.717, 1.165) is 16.8 Å². The van der Waals surface area contributed by atoms with E-state index in [1.165, 1.54) is 0 Å². The Labute approximate surface area is 130 Å². The van der Waals surface area contributed by atoms with Gasteiger partial charge in [0.25, 0.3) is 10.0 Å². The largest absolute Gasteiger partial charge is 0.263 e. The van der Waals surface area contributed by atoms with Crippen LogP contribution in [0.3, 0.4) is 0 Å². The molecule has 6 heteroatoms. The van der Waals surface area contributed by atoms with Crippen LogP contribution in [0.25, 0.3) is 0 Å². The normalized spacial score (nSPS) is 11.4. The molecule has 2 rings (SSSR count). The number of hydrogen-bond acceptors (Lipinski definition) is 3. The molecule has 1 heterocycles. The Morgan fingerprint density at radius 1 is 1.14 bits per heavy atom. The average Bonchev–Trinajstić information content (AvgIpc) is 2.38. The summed E-state index contributed by atoms with van der Waals surface area (Å²) in [6, 6.07) is 10.3. The Balaban J connectivity index is 2.25. The molecule has 0 spiro atoms. The Morgan fingerprint density at radius 2 is 1.81 bits per heavy atom. The van der Waals surface area contributed by atoms with Crippen molar-refractivity contribution in [1.29, 1.82) is 0 Å². The van der Waals surface area contributed by atoms with Gasteiger partial charge in [-0.25, -0.2) is 13.4 Å². The van der Waals surface area contributed by atoms with Crippen LogP contribution in [0.1, 0.15) is 16.8 Å². The maximum absolute atomic E-state index is 12.3. The van der Waals surface area contributed by atoms with Gasteiger partial charge in [0.2, 0.25) is 0 Å². The van der Waals surface area contributed by atoms with Gasteiger partial charge in [-0.1, -0.05) is 12.1 Å². The summed E-state index contributed by atoms with van der Waals surface area (Å²) in [5.41, 5.74) is 2.73. The number of benzene rings is 1. The van der Waals surface area contributed by atoms with Gasteiger partial charge < -0.3 is 0 Å². The molecule has 0 aliphatic heterocycles. The van der Waals surface area contributed by atoms with E-state index in [-0.39, 0.29) is 4.90 Å². The van der Waals surface area contributed by atoms with Crippen molar-refractivity contribution >= 4 is 27.4 Å². The first-order chi connectivity index (χ1) is 9.90. The second kappa shape index (κ2) is 6.45. The zero-order valence-corrected chi connectivity index (χ0v) is 13.5. The van der Waals surface area contributed by atoms with E-state index in [2.05, 4.69) is 9.71 Å². The van der Waals surface area contributed by atoms with Crippen molar-refractivity contribution in [3.8, 4) is 0 Å².